The quantitative estimate of drug-likeness (QED) is 0.629. The van der Waals surface area contributed by atoms with Crippen molar-refractivity contribution in [2.75, 3.05) is 50.7 Å². The zero-order valence-electron chi connectivity index (χ0n) is 18.6. The molecule has 180 valence electrons. The summed E-state index contributed by atoms with van der Waals surface area (Å²) >= 11 is 0. The number of piperidine rings is 2. The summed E-state index contributed by atoms with van der Waals surface area (Å²) in [5.74, 6) is -0.824. The van der Waals surface area contributed by atoms with E-state index in [1.807, 2.05) is 18.2 Å². The van der Waals surface area contributed by atoms with Crippen LogP contribution in [-0.2, 0) is 16.1 Å². The van der Waals surface area contributed by atoms with Gasteiger partial charge in [-0.25, -0.2) is 4.39 Å². The highest BCUT2D eigenvalue weighted by atomic mass is 35.5. The fraction of sp³-hybridized carbons (Fsp3) is 0.609. The van der Waals surface area contributed by atoms with Gasteiger partial charge >= 0.3 is 0 Å². The second-order valence-corrected chi connectivity index (χ2v) is 9.41. The number of nitrogens with zero attached hydrogens (tertiary/aromatic N) is 3. The predicted molar refractivity (Wildman–Crippen MR) is 124 cm³/mol. The van der Waals surface area contributed by atoms with Gasteiger partial charge in [0.25, 0.3) is 5.91 Å². The van der Waals surface area contributed by atoms with E-state index >= 15 is 4.39 Å². The number of carbonyl (C=O) groups is 3. The molecular formula is C23H31ClFN5O3. The molecule has 1 aromatic carbocycles. The molecule has 0 spiro atoms. The number of amides is 3. The normalized spacial score (nSPS) is 25.5. The van der Waals surface area contributed by atoms with E-state index in [0.29, 0.717) is 37.9 Å². The molecule has 1 aromatic rings. The number of nitrogens with one attached hydrogen (secondary N) is 2. The van der Waals surface area contributed by atoms with E-state index in [1.165, 1.54) is 0 Å². The molecule has 0 unspecified atom stereocenters. The van der Waals surface area contributed by atoms with Gasteiger partial charge in [-0.15, -0.1) is 12.4 Å². The molecule has 3 amide bonds. The van der Waals surface area contributed by atoms with Crippen molar-refractivity contribution in [2.24, 2.45) is 0 Å². The van der Waals surface area contributed by atoms with Gasteiger partial charge in [-0.3, -0.25) is 24.6 Å². The summed E-state index contributed by atoms with van der Waals surface area (Å²) in [7, 11) is 0. The Morgan fingerprint density at radius 1 is 1.06 bits per heavy atom. The lowest BCUT2D eigenvalue weighted by Crippen LogP contribution is -2.53. The predicted octanol–water partition coefficient (Wildman–Crippen LogP) is 1.08. The molecule has 3 fully saturated rings. The molecule has 3 saturated heterocycles. The number of hydrogen-bond acceptors (Lipinski definition) is 6. The average Bonchev–Trinajstić information content (AvgIpc) is 3.10. The van der Waals surface area contributed by atoms with Gasteiger partial charge in [0.1, 0.15) is 11.7 Å². The van der Waals surface area contributed by atoms with E-state index in [1.54, 1.807) is 4.90 Å². The minimum atomic E-state index is -1.08. The van der Waals surface area contributed by atoms with Gasteiger partial charge in [0.05, 0.1) is 0 Å². The van der Waals surface area contributed by atoms with Gasteiger partial charge in [0.15, 0.2) is 0 Å². The maximum absolute atomic E-state index is 15.0. The van der Waals surface area contributed by atoms with Gasteiger partial charge < -0.3 is 15.1 Å². The summed E-state index contributed by atoms with van der Waals surface area (Å²) in [6.45, 7) is 5.65. The monoisotopic (exact) mass is 479 g/mol. The van der Waals surface area contributed by atoms with Crippen LogP contribution in [0.4, 0.5) is 10.1 Å². The minimum absolute atomic E-state index is 0. The van der Waals surface area contributed by atoms with Gasteiger partial charge in [0, 0.05) is 56.9 Å². The van der Waals surface area contributed by atoms with E-state index in [4.69, 9.17) is 0 Å². The number of alkyl halides is 1. The van der Waals surface area contributed by atoms with Gasteiger partial charge in [0.2, 0.25) is 11.8 Å². The SMILES string of the molecule is Cl.O=C1CC[C@H](N2Cc3cc(N4CCN(CC5(F)CCNCC5)CC4)ccc3C2=O)C(=O)N1. The number of halogens is 2. The zero-order valence-corrected chi connectivity index (χ0v) is 19.5. The van der Waals surface area contributed by atoms with Crippen LogP contribution in [0.5, 0.6) is 0 Å². The average molecular weight is 480 g/mol. The van der Waals surface area contributed by atoms with Gasteiger partial charge in [-0.1, -0.05) is 0 Å². The van der Waals surface area contributed by atoms with Crippen molar-refractivity contribution in [3.8, 4) is 0 Å². The second-order valence-electron chi connectivity index (χ2n) is 9.41. The Balaban J connectivity index is 0.00000259. The molecule has 8 nitrogen and oxygen atoms in total. The Bertz CT molecular complexity index is 931. The Labute approximate surface area is 199 Å². The topological polar surface area (TPSA) is 85.0 Å². The molecule has 10 heteroatoms. The number of benzene rings is 1. The van der Waals surface area contributed by atoms with Crippen LogP contribution in [0.2, 0.25) is 0 Å². The molecule has 0 bridgehead atoms. The summed E-state index contributed by atoms with van der Waals surface area (Å²) in [6.07, 6.45) is 1.78. The van der Waals surface area contributed by atoms with Gasteiger partial charge in [-0.2, -0.15) is 0 Å². The third-order valence-corrected chi connectivity index (χ3v) is 7.25. The lowest BCUT2D eigenvalue weighted by molar-refractivity contribution is -0.136. The first-order valence-electron chi connectivity index (χ1n) is 11.6. The highest BCUT2D eigenvalue weighted by molar-refractivity contribution is 6.05. The fourth-order valence-electron chi connectivity index (χ4n) is 5.36. The minimum Gasteiger partial charge on any atom is -0.369 e. The zero-order chi connectivity index (χ0) is 22.3. The molecule has 2 N–H and O–H groups in total. The van der Waals surface area contributed by atoms with Crippen LogP contribution in [0.1, 0.15) is 41.6 Å². The molecule has 4 aliphatic rings. The molecular weight excluding hydrogens is 449 g/mol. The Kier molecular flexibility index (Phi) is 6.93. The third-order valence-electron chi connectivity index (χ3n) is 7.25. The number of fused-ring (bicyclic) bond motifs is 1. The Morgan fingerprint density at radius 3 is 2.48 bits per heavy atom. The summed E-state index contributed by atoms with van der Waals surface area (Å²) in [6, 6.07) is 5.25. The lowest BCUT2D eigenvalue weighted by Gasteiger charge is -2.40. The molecule has 0 radical (unpaired) electrons. The molecule has 4 aliphatic heterocycles. The summed E-state index contributed by atoms with van der Waals surface area (Å²) in [5.41, 5.74) is 1.51. The molecule has 4 heterocycles. The number of imide groups is 1. The van der Waals surface area contributed by atoms with Crippen LogP contribution in [0.15, 0.2) is 18.2 Å². The van der Waals surface area contributed by atoms with Crippen LogP contribution in [0, 0.1) is 0 Å². The van der Waals surface area contributed by atoms with Crippen molar-refractivity contribution in [2.45, 2.75) is 43.9 Å². The smallest absolute Gasteiger partial charge is 0.255 e. The number of hydrogen-bond donors (Lipinski definition) is 2. The van der Waals surface area contributed by atoms with E-state index in [9.17, 15) is 14.4 Å². The van der Waals surface area contributed by atoms with Crippen molar-refractivity contribution in [3.63, 3.8) is 0 Å². The van der Waals surface area contributed by atoms with Crippen molar-refractivity contribution in [3.05, 3.63) is 29.3 Å². The first kappa shape index (κ1) is 23.9. The maximum Gasteiger partial charge on any atom is 0.255 e. The number of anilines is 1. The third kappa shape index (κ3) is 4.85. The molecule has 0 aliphatic carbocycles. The molecule has 1 atom stereocenters. The van der Waals surface area contributed by atoms with Crippen LogP contribution in [0.25, 0.3) is 0 Å². The lowest BCUT2D eigenvalue weighted by atomic mass is 9.93. The molecule has 5 rings (SSSR count). The highest BCUT2D eigenvalue weighted by Crippen LogP contribution is 2.31. The standard InChI is InChI=1S/C23H30FN5O3.ClH/c24-23(5-7-25-8-6-23)15-27-9-11-28(12-10-27)17-1-2-18-16(13-17)14-29(22(18)32)19-3-4-20(30)26-21(19)31;/h1-2,13,19,25H,3-12,14-15H2,(H,26,30,31);1H/t19-;/m0./s1. The van der Waals surface area contributed by atoms with Crippen LogP contribution < -0.4 is 15.5 Å². The number of carbonyl (C=O) groups excluding carboxylic acids is 3. The summed E-state index contributed by atoms with van der Waals surface area (Å²) in [5, 5.41) is 5.56. The van der Waals surface area contributed by atoms with Crippen molar-refractivity contribution in [1.82, 2.24) is 20.4 Å². The van der Waals surface area contributed by atoms with Gasteiger partial charge in [-0.05, 0) is 56.1 Å². The fourth-order valence-corrected chi connectivity index (χ4v) is 5.36. The Morgan fingerprint density at radius 2 is 1.79 bits per heavy atom. The summed E-state index contributed by atoms with van der Waals surface area (Å²) in [4.78, 5) is 42.6. The number of rotatable bonds is 4. The first-order chi connectivity index (χ1) is 15.4. The molecule has 33 heavy (non-hydrogen) atoms. The van der Waals surface area contributed by atoms with Crippen LogP contribution in [0.3, 0.4) is 0 Å². The van der Waals surface area contributed by atoms with E-state index in [0.717, 1.165) is 50.5 Å². The maximum atomic E-state index is 15.0. The van der Waals surface area contributed by atoms with E-state index < -0.39 is 17.6 Å². The Hall–Kier alpha value is -2.23. The first-order valence-corrected chi connectivity index (χ1v) is 11.6. The van der Waals surface area contributed by atoms with Crippen molar-refractivity contribution in [1.29, 1.82) is 0 Å². The van der Waals surface area contributed by atoms with Crippen LogP contribution >= 0.6 is 12.4 Å². The largest absolute Gasteiger partial charge is 0.369 e. The van der Waals surface area contributed by atoms with Crippen molar-refractivity contribution >= 4 is 35.8 Å². The number of piperazine rings is 1. The molecule has 0 aromatic heterocycles. The van der Waals surface area contributed by atoms with Crippen molar-refractivity contribution < 1.29 is 18.8 Å². The second kappa shape index (κ2) is 9.56. The highest BCUT2D eigenvalue weighted by Gasteiger charge is 2.39. The van der Waals surface area contributed by atoms with E-state index in [-0.39, 0.29) is 30.6 Å². The summed E-state index contributed by atoms with van der Waals surface area (Å²) < 4.78 is 15.0. The van der Waals surface area contributed by atoms with Crippen LogP contribution in [-0.4, -0.2) is 85.0 Å². The molecule has 0 saturated carbocycles. The van der Waals surface area contributed by atoms with E-state index in [2.05, 4.69) is 20.4 Å².